The van der Waals surface area contributed by atoms with Gasteiger partial charge in [0.05, 0.1) is 0 Å². The lowest BCUT2D eigenvalue weighted by atomic mass is 10.4. The van der Waals surface area contributed by atoms with Crippen LogP contribution in [0.3, 0.4) is 0 Å². The number of likely N-dealkylation sites (N-methyl/N-ethyl adjacent to an activating group) is 1. The highest BCUT2D eigenvalue weighted by atomic mass is 16.2. The van der Waals surface area contributed by atoms with Crippen LogP contribution in [0, 0.1) is 5.92 Å². The average molecular weight is 209 g/mol. The van der Waals surface area contributed by atoms with Gasteiger partial charge >= 0.3 is 0 Å². The first kappa shape index (κ1) is 9.95. The Labute approximate surface area is 88.1 Å². The molecule has 0 radical (unpaired) electrons. The molecule has 6 heteroatoms. The number of carbonyl (C=O) groups excluding carboxylic acids is 1. The summed E-state index contributed by atoms with van der Waals surface area (Å²) < 4.78 is 1.46. The van der Waals surface area contributed by atoms with E-state index in [2.05, 4.69) is 10.1 Å². The van der Waals surface area contributed by atoms with Gasteiger partial charge in [-0.25, -0.2) is 9.67 Å². The molecule has 0 aromatic carbocycles. The van der Waals surface area contributed by atoms with Crippen LogP contribution in [0.2, 0.25) is 0 Å². The van der Waals surface area contributed by atoms with Gasteiger partial charge in [0.15, 0.2) is 0 Å². The number of anilines is 1. The number of amides is 1. The fourth-order valence-electron chi connectivity index (χ4n) is 1.43. The minimum absolute atomic E-state index is 0.0480. The van der Waals surface area contributed by atoms with Crippen LogP contribution in [-0.2, 0) is 11.3 Å². The van der Waals surface area contributed by atoms with Crippen molar-refractivity contribution in [2.45, 2.75) is 19.4 Å². The zero-order valence-electron chi connectivity index (χ0n) is 8.76. The molecule has 1 amide bonds. The summed E-state index contributed by atoms with van der Waals surface area (Å²) in [6, 6.07) is 0. The first-order valence-electron chi connectivity index (χ1n) is 5.04. The summed E-state index contributed by atoms with van der Waals surface area (Å²) in [6.45, 7) is 1.07. The Morgan fingerprint density at radius 2 is 2.47 bits per heavy atom. The molecule has 1 fully saturated rings. The second-order valence-corrected chi connectivity index (χ2v) is 4.02. The molecule has 0 unspecified atom stereocenters. The van der Waals surface area contributed by atoms with E-state index in [-0.39, 0.29) is 18.4 Å². The Morgan fingerprint density at radius 3 is 3.00 bits per heavy atom. The Kier molecular flexibility index (Phi) is 2.57. The van der Waals surface area contributed by atoms with Gasteiger partial charge in [-0.05, 0) is 18.8 Å². The van der Waals surface area contributed by atoms with Crippen molar-refractivity contribution in [1.82, 2.24) is 19.7 Å². The Balaban J connectivity index is 1.85. The molecule has 6 nitrogen and oxygen atoms in total. The maximum atomic E-state index is 11.7. The molecule has 0 bridgehead atoms. The van der Waals surface area contributed by atoms with Crippen molar-refractivity contribution in [3.05, 3.63) is 6.33 Å². The Morgan fingerprint density at radius 1 is 1.73 bits per heavy atom. The van der Waals surface area contributed by atoms with E-state index in [0.29, 0.717) is 5.92 Å². The number of nitrogens with zero attached hydrogens (tertiary/aromatic N) is 4. The fourth-order valence-corrected chi connectivity index (χ4v) is 1.43. The monoisotopic (exact) mass is 209 g/mol. The number of carbonyl (C=O) groups is 1. The van der Waals surface area contributed by atoms with E-state index in [1.54, 1.807) is 4.90 Å². The zero-order chi connectivity index (χ0) is 10.8. The van der Waals surface area contributed by atoms with E-state index >= 15 is 0 Å². The lowest BCUT2D eigenvalue weighted by Gasteiger charge is -2.16. The minimum atomic E-state index is 0.0480. The van der Waals surface area contributed by atoms with E-state index in [0.717, 1.165) is 6.54 Å². The molecule has 1 aromatic rings. The van der Waals surface area contributed by atoms with Crippen molar-refractivity contribution in [3.8, 4) is 0 Å². The van der Waals surface area contributed by atoms with E-state index in [1.165, 1.54) is 23.9 Å². The summed E-state index contributed by atoms with van der Waals surface area (Å²) in [7, 11) is 1.82. The molecule has 1 heterocycles. The van der Waals surface area contributed by atoms with Crippen LogP contribution in [0.25, 0.3) is 0 Å². The molecule has 1 saturated carbocycles. The van der Waals surface area contributed by atoms with Crippen LogP contribution in [0.5, 0.6) is 0 Å². The average Bonchev–Trinajstić information content (AvgIpc) is 2.90. The first-order valence-corrected chi connectivity index (χ1v) is 5.04. The van der Waals surface area contributed by atoms with E-state index in [1.807, 2.05) is 7.05 Å². The second-order valence-electron chi connectivity index (χ2n) is 4.02. The van der Waals surface area contributed by atoms with Crippen molar-refractivity contribution in [2.75, 3.05) is 19.3 Å². The summed E-state index contributed by atoms with van der Waals surface area (Å²) in [4.78, 5) is 17.2. The number of nitrogens with two attached hydrogens (primary N) is 1. The molecule has 82 valence electrons. The van der Waals surface area contributed by atoms with Crippen LogP contribution >= 0.6 is 0 Å². The summed E-state index contributed by atoms with van der Waals surface area (Å²) in [5, 5.41) is 3.86. The van der Waals surface area contributed by atoms with Crippen LogP contribution in [0.4, 0.5) is 5.95 Å². The zero-order valence-corrected chi connectivity index (χ0v) is 8.76. The van der Waals surface area contributed by atoms with Crippen molar-refractivity contribution in [2.24, 2.45) is 5.92 Å². The van der Waals surface area contributed by atoms with Gasteiger partial charge in [0.2, 0.25) is 11.9 Å². The summed E-state index contributed by atoms with van der Waals surface area (Å²) in [5.74, 6) is 0.958. The van der Waals surface area contributed by atoms with Gasteiger partial charge in [-0.2, -0.15) is 0 Å². The molecule has 2 rings (SSSR count). The summed E-state index contributed by atoms with van der Waals surface area (Å²) >= 11 is 0. The maximum absolute atomic E-state index is 11.7. The Bertz CT molecular complexity index is 357. The van der Waals surface area contributed by atoms with Gasteiger partial charge in [-0.1, -0.05) is 0 Å². The van der Waals surface area contributed by atoms with Crippen LogP contribution < -0.4 is 5.73 Å². The molecular formula is C9H15N5O. The summed E-state index contributed by atoms with van der Waals surface area (Å²) in [5.41, 5.74) is 5.35. The molecule has 0 atom stereocenters. The molecule has 15 heavy (non-hydrogen) atoms. The summed E-state index contributed by atoms with van der Waals surface area (Å²) in [6.07, 6.45) is 3.96. The number of nitrogen functional groups attached to an aromatic ring is 1. The molecule has 2 N–H and O–H groups in total. The standard InChI is InChI=1S/C9H15N5O/c1-13(4-7-2-3-7)8(15)5-14-6-11-9(10)12-14/h6-7H,2-5H2,1H3,(H2,10,12). The molecule has 0 saturated heterocycles. The number of aromatic nitrogens is 3. The maximum Gasteiger partial charge on any atom is 0.244 e. The first-order chi connectivity index (χ1) is 7.15. The van der Waals surface area contributed by atoms with Gasteiger partial charge < -0.3 is 10.6 Å². The van der Waals surface area contributed by atoms with Crippen LogP contribution in [0.1, 0.15) is 12.8 Å². The van der Waals surface area contributed by atoms with Gasteiger partial charge in [0.25, 0.3) is 0 Å². The van der Waals surface area contributed by atoms with E-state index < -0.39 is 0 Å². The predicted octanol–water partition coefficient (Wildman–Crippen LogP) is -0.271. The van der Waals surface area contributed by atoms with Gasteiger partial charge in [-0.15, -0.1) is 5.10 Å². The van der Waals surface area contributed by atoms with Gasteiger partial charge in [0, 0.05) is 13.6 Å². The van der Waals surface area contributed by atoms with Gasteiger partial charge in [-0.3, -0.25) is 4.79 Å². The molecule has 1 aliphatic rings. The second kappa shape index (κ2) is 3.88. The molecular weight excluding hydrogens is 194 g/mol. The Hall–Kier alpha value is -1.59. The smallest absolute Gasteiger partial charge is 0.244 e. The van der Waals surface area contributed by atoms with Crippen LogP contribution in [0.15, 0.2) is 6.33 Å². The third-order valence-corrected chi connectivity index (χ3v) is 2.51. The van der Waals surface area contributed by atoms with Crippen LogP contribution in [-0.4, -0.2) is 39.2 Å². The quantitative estimate of drug-likeness (QED) is 0.740. The largest absolute Gasteiger partial charge is 0.367 e. The van der Waals surface area contributed by atoms with E-state index in [9.17, 15) is 4.79 Å². The lowest BCUT2D eigenvalue weighted by Crippen LogP contribution is -2.32. The molecule has 0 aliphatic heterocycles. The highest BCUT2D eigenvalue weighted by Crippen LogP contribution is 2.29. The lowest BCUT2D eigenvalue weighted by molar-refractivity contribution is -0.130. The normalized spacial score (nSPS) is 15.3. The van der Waals surface area contributed by atoms with E-state index in [4.69, 9.17) is 5.73 Å². The SMILES string of the molecule is CN(CC1CC1)C(=O)Cn1cnc(N)n1. The third kappa shape index (κ3) is 2.68. The molecule has 1 aliphatic carbocycles. The fraction of sp³-hybridized carbons (Fsp3) is 0.667. The highest BCUT2D eigenvalue weighted by molar-refractivity contribution is 5.75. The molecule has 0 spiro atoms. The number of hydrogen-bond acceptors (Lipinski definition) is 4. The number of hydrogen-bond donors (Lipinski definition) is 1. The minimum Gasteiger partial charge on any atom is -0.367 e. The third-order valence-electron chi connectivity index (χ3n) is 2.51. The van der Waals surface area contributed by atoms with Crippen molar-refractivity contribution >= 4 is 11.9 Å². The van der Waals surface area contributed by atoms with Gasteiger partial charge in [0.1, 0.15) is 12.9 Å². The van der Waals surface area contributed by atoms with Crippen molar-refractivity contribution < 1.29 is 4.79 Å². The number of rotatable bonds is 4. The molecule has 1 aromatic heterocycles. The van der Waals surface area contributed by atoms with Crippen molar-refractivity contribution in [3.63, 3.8) is 0 Å². The predicted molar refractivity (Wildman–Crippen MR) is 54.8 cm³/mol. The van der Waals surface area contributed by atoms with Crippen molar-refractivity contribution in [1.29, 1.82) is 0 Å². The highest BCUT2D eigenvalue weighted by Gasteiger charge is 2.24. The topological polar surface area (TPSA) is 77.0 Å².